The van der Waals surface area contributed by atoms with E-state index >= 15 is 0 Å². The van der Waals surface area contributed by atoms with Crippen molar-refractivity contribution in [2.45, 2.75) is 37.4 Å². The maximum absolute atomic E-state index is 13.2. The lowest BCUT2D eigenvalue weighted by atomic mass is 9.78. The van der Waals surface area contributed by atoms with Crippen LogP contribution in [0.15, 0.2) is 109 Å². The zero-order valence-corrected chi connectivity index (χ0v) is 24.4. The summed E-state index contributed by atoms with van der Waals surface area (Å²) in [4.78, 5) is 10.2. The molecular weight excluding hydrogens is 559 g/mol. The van der Waals surface area contributed by atoms with Crippen LogP contribution in [0.1, 0.15) is 40.7 Å². The van der Waals surface area contributed by atoms with Crippen LogP contribution < -0.4 is 0 Å². The first-order valence-corrected chi connectivity index (χ1v) is 16.0. The molecule has 1 N–H and O–H groups in total. The molecule has 4 aromatic rings. The van der Waals surface area contributed by atoms with Gasteiger partial charge in [0, 0.05) is 5.41 Å². The smallest absolute Gasteiger partial charge is 0.305 e. The number of rotatable bonds is 4. The van der Waals surface area contributed by atoms with Crippen LogP contribution in [0.2, 0.25) is 0 Å². The molecule has 0 bridgehead atoms. The third kappa shape index (κ3) is 6.15. The van der Waals surface area contributed by atoms with Gasteiger partial charge in [-0.05, 0) is 93.5 Å². The lowest BCUT2D eigenvalue weighted by molar-refractivity contribution is -0.136. The quantitative estimate of drug-likeness (QED) is 0.261. The molecule has 4 aromatic carbocycles. The third-order valence-corrected chi connectivity index (χ3v) is 10.0. The van der Waals surface area contributed by atoms with Gasteiger partial charge in [-0.1, -0.05) is 97.1 Å². The number of fused-ring (bicyclic) bond motifs is 5. The first kappa shape index (κ1) is 28.6. The Morgan fingerprint density at radius 2 is 1.42 bits per heavy atom. The largest absolute Gasteiger partial charge is 0.481 e. The predicted molar refractivity (Wildman–Crippen MR) is 171 cm³/mol. The SMILES string of the molecule is Fc1ccc(-c2ccc(C3=Cc4ccc5c(c4CC3)CCc3ccccc3-5)cc2)cc1.O=C(O)CC1C=CC=CS1(=O)=O. The average molecular weight is 591 g/mol. The molecular formula is C37H31FO4S. The highest BCUT2D eigenvalue weighted by Gasteiger charge is 2.24. The number of carboxylic acid groups (broad SMARTS) is 1. The van der Waals surface area contributed by atoms with Crippen LogP contribution in [-0.2, 0) is 33.9 Å². The van der Waals surface area contributed by atoms with Gasteiger partial charge >= 0.3 is 5.97 Å². The summed E-state index contributed by atoms with van der Waals surface area (Å²) in [5.41, 5.74) is 13.6. The molecule has 1 heterocycles. The van der Waals surface area contributed by atoms with Crippen molar-refractivity contribution in [1.29, 1.82) is 0 Å². The number of carbonyl (C=O) groups is 1. The van der Waals surface area contributed by atoms with Crippen molar-refractivity contribution in [3.05, 3.63) is 142 Å². The summed E-state index contributed by atoms with van der Waals surface area (Å²) in [6, 6.07) is 28.9. The van der Waals surface area contributed by atoms with E-state index in [4.69, 9.17) is 5.11 Å². The minimum Gasteiger partial charge on any atom is -0.481 e. The summed E-state index contributed by atoms with van der Waals surface area (Å²) in [5, 5.41) is 8.50. The molecule has 1 aliphatic heterocycles. The first-order valence-electron chi connectivity index (χ1n) is 14.4. The Balaban J connectivity index is 0.000000232. The van der Waals surface area contributed by atoms with Gasteiger partial charge in [0.1, 0.15) is 5.82 Å². The van der Waals surface area contributed by atoms with Crippen LogP contribution >= 0.6 is 0 Å². The molecule has 4 nitrogen and oxygen atoms in total. The normalized spacial score (nSPS) is 17.4. The van der Waals surface area contributed by atoms with Gasteiger partial charge < -0.3 is 5.11 Å². The predicted octanol–water partition coefficient (Wildman–Crippen LogP) is 8.07. The number of hydrogen-bond donors (Lipinski definition) is 1. The number of aliphatic carboxylic acids is 1. The second-order valence-corrected chi connectivity index (χ2v) is 13.1. The van der Waals surface area contributed by atoms with Crippen LogP contribution in [0.25, 0.3) is 33.9 Å². The molecule has 0 saturated heterocycles. The molecule has 216 valence electrons. The topological polar surface area (TPSA) is 71.4 Å². The van der Waals surface area contributed by atoms with E-state index in [0.717, 1.165) is 42.2 Å². The van der Waals surface area contributed by atoms with Crippen molar-refractivity contribution < 1.29 is 22.7 Å². The van der Waals surface area contributed by atoms with E-state index in [1.54, 1.807) is 11.1 Å². The highest BCUT2D eigenvalue weighted by Crippen LogP contribution is 2.40. The number of carboxylic acids is 1. The second kappa shape index (κ2) is 12.0. The Labute approximate surface area is 251 Å². The van der Waals surface area contributed by atoms with E-state index in [1.165, 1.54) is 63.8 Å². The molecule has 1 unspecified atom stereocenters. The van der Waals surface area contributed by atoms with Gasteiger partial charge in [-0.3, -0.25) is 4.79 Å². The molecule has 6 heteroatoms. The highest BCUT2D eigenvalue weighted by molar-refractivity contribution is 7.95. The van der Waals surface area contributed by atoms with E-state index in [1.807, 2.05) is 12.1 Å². The summed E-state index contributed by atoms with van der Waals surface area (Å²) in [7, 11) is -3.37. The Morgan fingerprint density at radius 3 is 2.14 bits per heavy atom. The number of aryl methyl sites for hydroxylation is 1. The molecule has 0 spiro atoms. The van der Waals surface area contributed by atoms with E-state index in [2.05, 4.69) is 66.7 Å². The fourth-order valence-corrected chi connectivity index (χ4v) is 7.31. The molecule has 0 amide bonds. The zero-order valence-electron chi connectivity index (χ0n) is 23.5. The Kier molecular flexibility index (Phi) is 7.96. The Hall–Kier alpha value is -4.55. The van der Waals surface area contributed by atoms with Crippen LogP contribution in [0.5, 0.6) is 0 Å². The number of sulfone groups is 1. The fraction of sp³-hybridized carbons (Fsp3) is 0.162. The fourth-order valence-electron chi connectivity index (χ4n) is 6.12. The zero-order chi connectivity index (χ0) is 30.0. The van der Waals surface area contributed by atoms with E-state index in [-0.39, 0.29) is 12.2 Å². The minimum atomic E-state index is -3.37. The van der Waals surface area contributed by atoms with Gasteiger partial charge in [0.05, 0.1) is 11.7 Å². The van der Waals surface area contributed by atoms with Crippen molar-refractivity contribution in [1.82, 2.24) is 0 Å². The Bertz CT molecular complexity index is 1880. The van der Waals surface area contributed by atoms with Crippen molar-refractivity contribution in [3.8, 4) is 22.3 Å². The molecule has 0 saturated carbocycles. The van der Waals surface area contributed by atoms with Crippen LogP contribution in [-0.4, -0.2) is 24.7 Å². The van der Waals surface area contributed by atoms with Gasteiger partial charge in [-0.25, -0.2) is 12.8 Å². The van der Waals surface area contributed by atoms with Crippen LogP contribution in [0.3, 0.4) is 0 Å². The lowest BCUT2D eigenvalue weighted by Gasteiger charge is -2.26. The number of allylic oxidation sites excluding steroid dienone is 3. The van der Waals surface area contributed by atoms with Crippen molar-refractivity contribution >= 4 is 27.5 Å². The van der Waals surface area contributed by atoms with Crippen molar-refractivity contribution in [2.24, 2.45) is 0 Å². The Morgan fingerprint density at radius 1 is 0.744 bits per heavy atom. The molecule has 0 radical (unpaired) electrons. The standard InChI is InChI=1S/C30H23F.C7H8O4S/c31-26-14-9-21(10-15-26)20-5-7-22(8-6-20)24-12-16-28-25(19-24)13-18-29-27-4-2-1-3-23(27)11-17-30(28)29;8-7(9)5-6-3-1-2-4-12(6,10)11/h1-10,13-15,18-19H,11-12,16-17H2;1-4,6H,5H2,(H,8,9). The second-order valence-electron chi connectivity index (χ2n) is 11.0. The van der Waals surface area contributed by atoms with Crippen LogP contribution in [0.4, 0.5) is 4.39 Å². The van der Waals surface area contributed by atoms with Gasteiger partial charge in [-0.15, -0.1) is 0 Å². The highest BCUT2D eigenvalue weighted by atomic mass is 32.2. The maximum Gasteiger partial charge on any atom is 0.305 e. The molecule has 43 heavy (non-hydrogen) atoms. The summed E-state index contributed by atoms with van der Waals surface area (Å²) < 4.78 is 35.4. The van der Waals surface area contributed by atoms with E-state index in [0.29, 0.717) is 0 Å². The monoisotopic (exact) mass is 590 g/mol. The molecule has 3 aliphatic rings. The summed E-state index contributed by atoms with van der Waals surface area (Å²) in [6.45, 7) is 0. The van der Waals surface area contributed by atoms with Gasteiger partial charge in [0.15, 0.2) is 9.84 Å². The number of halogens is 1. The number of benzene rings is 4. The average Bonchev–Trinajstić information content (AvgIpc) is 3.02. The minimum absolute atomic E-state index is 0.197. The van der Waals surface area contributed by atoms with Gasteiger partial charge in [0.2, 0.25) is 0 Å². The summed E-state index contributed by atoms with van der Waals surface area (Å²) >= 11 is 0. The number of hydrogen-bond acceptors (Lipinski definition) is 3. The van der Waals surface area contributed by atoms with Crippen molar-refractivity contribution in [2.75, 3.05) is 0 Å². The summed E-state index contributed by atoms with van der Waals surface area (Å²) in [6.07, 6.45) is 10.8. The van der Waals surface area contributed by atoms with Gasteiger partial charge in [-0.2, -0.15) is 0 Å². The lowest BCUT2D eigenvalue weighted by Crippen LogP contribution is -2.21. The molecule has 0 fully saturated rings. The van der Waals surface area contributed by atoms with Crippen LogP contribution in [0, 0.1) is 5.82 Å². The first-order chi connectivity index (χ1) is 20.8. The maximum atomic E-state index is 13.2. The van der Waals surface area contributed by atoms with Crippen molar-refractivity contribution in [3.63, 3.8) is 0 Å². The molecule has 1 atom stereocenters. The molecule has 0 aromatic heterocycles. The van der Waals surface area contributed by atoms with Gasteiger partial charge in [0.25, 0.3) is 0 Å². The van der Waals surface area contributed by atoms with E-state index < -0.39 is 21.1 Å². The third-order valence-electron chi connectivity index (χ3n) is 8.33. The summed E-state index contributed by atoms with van der Waals surface area (Å²) in [5.74, 6) is -1.31. The van der Waals surface area contributed by atoms with E-state index in [9.17, 15) is 17.6 Å². The molecule has 7 rings (SSSR count). The molecule has 2 aliphatic carbocycles.